The molecule has 6 heterocycles. The number of nitrogens with one attached hydrogen (secondary N) is 2. The molecule has 0 aromatic carbocycles. The molecule has 0 fully saturated rings. The summed E-state index contributed by atoms with van der Waals surface area (Å²) in [6, 6.07) is 11.0. The smallest absolute Gasteiger partial charge is 0.358 e. The molecule has 0 aliphatic carbocycles. The number of thiazole rings is 2. The van der Waals surface area contributed by atoms with E-state index in [-0.39, 0.29) is 36.0 Å². The third-order valence-corrected chi connectivity index (χ3v) is 8.28. The summed E-state index contributed by atoms with van der Waals surface area (Å²) in [7, 11) is 0. The second kappa shape index (κ2) is 14.3. The van der Waals surface area contributed by atoms with Gasteiger partial charge in [-0.05, 0) is 58.9 Å². The maximum absolute atomic E-state index is 12.2. The number of carboxylic acid groups (broad SMARTS) is 1. The molecule has 0 bridgehead atoms. The van der Waals surface area contributed by atoms with E-state index in [1.165, 1.54) is 22.7 Å². The van der Waals surface area contributed by atoms with E-state index in [0.717, 1.165) is 21.4 Å². The zero-order valence-electron chi connectivity index (χ0n) is 25.5. The first-order chi connectivity index (χ1) is 22.1. The molecule has 3 N–H and O–H groups in total. The van der Waals surface area contributed by atoms with Crippen LogP contribution in [-0.4, -0.2) is 63.5 Å². The Morgan fingerprint density at radius 1 is 0.761 bits per heavy atom. The van der Waals surface area contributed by atoms with Crippen LogP contribution in [0.25, 0.3) is 20.7 Å². The molecule has 6 rings (SSSR count). The highest BCUT2D eigenvalue weighted by molar-refractivity contribution is 7.19. The Bertz CT molecular complexity index is 1990. The van der Waals surface area contributed by atoms with E-state index in [1.54, 1.807) is 19.3 Å². The first-order valence-electron chi connectivity index (χ1n) is 14.2. The fraction of sp³-hybridized carbons (Fsp3) is 0.267. The number of aromatic nitrogens is 8. The van der Waals surface area contributed by atoms with Crippen LogP contribution in [0.15, 0.2) is 48.8 Å². The molecule has 0 aliphatic rings. The normalized spacial score (nSPS) is 12.2. The average molecular weight is 659 g/mol. The Balaban J connectivity index is 0.000000182. The number of aromatic carboxylic acids is 1. The minimum atomic E-state index is -1.09. The van der Waals surface area contributed by atoms with Crippen LogP contribution in [0.1, 0.15) is 75.2 Å². The molecule has 0 saturated heterocycles. The van der Waals surface area contributed by atoms with E-state index in [9.17, 15) is 14.7 Å². The van der Waals surface area contributed by atoms with Gasteiger partial charge in [0.25, 0.3) is 0 Å². The number of anilines is 2. The summed E-state index contributed by atoms with van der Waals surface area (Å²) < 4.78 is 6.23. The number of fused-ring (bicyclic) bond motifs is 2. The molecule has 0 spiro atoms. The highest BCUT2D eigenvalue weighted by Crippen LogP contribution is 2.27. The highest BCUT2D eigenvalue weighted by atomic mass is 32.1. The number of hydrogen-bond donors (Lipinski definition) is 3. The van der Waals surface area contributed by atoms with Crippen LogP contribution in [0.5, 0.6) is 0 Å². The molecule has 236 valence electrons. The van der Waals surface area contributed by atoms with Crippen molar-refractivity contribution in [3.8, 4) is 0 Å². The van der Waals surface area contributed by atoms with Crippen LogP contribution < -0.4 is 10.6 Å². The number of carboxylic acids is 1. The van der Waals surface area contributed by atoms with Gasteiger partial charge in [0.15, 0.2) is 22.7 Å². The Hall–Kier alpha value is -5.22. The number of aryl methyl sites for hydroxylation is 2. The summed E-state index contributed by atoms with van der Waals surface area (Å²) in [5.74, 6) is -1.01. The summed E-state index contributed by atoms with van der Waals surface area (Å²) in [4.78, 5) is 57.9. The van der Waals surface area contributed by atoms with Gasteiger partial charge in [-0.15, -0.1) is 22.7 Å². The van der Waals surface area contributed by atoms with Gasteiger partial charge in [0, 0.05) is 12.4 Å². The minimum Gasteiger partial charge on any atom is -0.476 e. The number of nitrogens with zero attached hydrogens (tertiary/aromatic N) is 8. The maximum atomic E-state index is 12.2. The molecule has 0 unspecified atom stereocenters. The van der Waals surface area contributed by atoms with Crippen LogP contribution in [0.2, 0.25) is 0 Å². The topological polar surface area (TPSA) is 191 Å². The zero-order chi connectivity index (χ0) is 32.8. The molecule has 46 heavy (non-hydrogen) atoms. The zero-order valence-corrected chi connectivity index (χ0v) is 27.2. The molecule has 2 atom stereocenters. The summed E-state index contributed by atoms with van der Waals surface area (Å²) in [6.07, 6.45) is 3.43. The second-order valence-corrected chi connectivity index (χ2v) is 12.2. The van der Waals surface area contributed by atoms with Crippen LogP contribution in [0.4, 0.5) is 11.9 Å². The quantitative estimate of drug-likeness (QED) is 0.158. The molecular weight excluding hydrogens is 629 g/mol. The third-order valence-electron chi connectivity index (χ3n) is 6.35. The van der Waals surface area contributed by atoms with E-state index >= 15 is 0 Å². The highest BCUT2D eigenvalue weighted by Gasteiger charge is 2.21. The lowest BCUT2D eigenvalue weighted by Crippen LogP contribution is -2.14. The summed E-state index contributed by atoms with van der Waals surface area (Å²) >= 11 is 2.65. The number of carbonyl (C=O) groups excluding carboxylic acids is 1. The Morgan fingerprint density at radius 2 is 1.24 bits per heavy atom. The minimum absolute atomic E-state index is 0.0358. The maximum Gasteiger partial charge on any atom is 0.358 e. The standard InChI is InChI=1S/C16H17N5O2S.C14H13N5O2S/c1-4-23-15(22)12-13-14(19-10(3)24-13)21-16(20-12)18-9(2)11-7-5-6-8-17-11;1-7(9-5-3-4-6-15-9)16-14-18-10(13(20)21)11-12(19-14)17-8(2)22-11/h5-9H,4H2,1-3H3,(H,18,20,21);3-7H,1-2H3,(H,20,21)(H,16,18,19)/t9-;7-/m00/s1. The van der Waals surface area contributed by atoms with Gasteiger partial charge >= 0.3 is 11.9 Å². The van der Waals surface area contributed by atoms with Crippen LogP contribution in [0, 0.1) is 13.8 Å². The van der Waals surface area contributed by atoms with Crippen molar-refractivity contribution >= 4 is 67.2 Å². The lowest BCUT2D eigenvalue weighted by molar-refractivity contribution is 0.0521. The number of esters is 1. The van der Waals surface area contributed by atoms with Crippen molar-refractivity contribution in [2.24, 2.45) is 0 Å². The van der Waals surface area contributed by atoms with Crippen molar-refractivity contribution in [3.05, 3.63) is 81.6 Å². The Morgan fingerprint density at radius 3 is 1.67 bits per heavy atom. The molecule has 0 amide bonds. The molecular formula is C30H30N10O4S2. The number of rotatable bonds is 9. The fourth-order valence-corrected chi connectivity index (χ4v) is 5.94. The van der Waals surface area contributed by atoms with Gasteiger partial charge < -0.3 is 20.5 Å². The van der Waals surface area contributed by atoms with Gasteiger partial charge in [0.05, 0.1) is 40.1 Å². The second-order valence-electron chi connectivity index (χ2n) is 9.83. The molecule has 16 heteroatoms. The molecule has 0 radical (unpaired) electrons. The molecule has 6 aromatic heterocycles. The van der Waals surface area contributed by atoms with Crippen molar-refractivity contribution in [2.45, 2.75) is 46.7 Å². The Labute approximate surface area is 271 Å². The summed E-state index contributed by atoms with van der Waals surface area (Å²) in [5.41, 5.74) is 2.76. The average Bonchev–Trinajstić information content (AvgIpc) is 3.61. The predicted octanol–water partition coefficient (Wildman–Crippen LogP) is 5.80. The van der Waals surface area contributed by atoms with Crippen molar-refractivity contribution in [1.29, 1.82) is 0 Å². The van der Waals surface area contributed by atoms with E-state index in [0.29, 0.717) is 26.6 Å². The van der Waals surface area contributed by atoms with Gasteiger partial charge in [-0.3, -0.25) is 9.97 Å². The van der Waals surface area contributed by atoms with Gasteiger partial charge in [-0.25, -0.2) is 29.5 Å². The molecule has 14 nitrogen and oxygen atoms in total. The van der Waals surface area contributed by atoms with E-state index in [4.69, 9.17) is 4.74 Å². The number of hydrogen-bond acceptors (Lipinski definition) is 15. The Kier molecular flexibility index (Phi) is 9.97. The van der Waals surface area contributed by atoms with Crippen molar-refractivity contribution < 1.29 is 19.4 Å². The van der Waals surface area contributed by atoms with E-state index < -0.39 is 11.9 Å². The lowest BCUT2D eigenvalue weighted by atomic mass is 10.2. The number of ether oxygens (including phenoxy) is 1. The van der Waals surface area contributed by atoms with Crippen LogP contribution >= 0.6 is 22.7 Å². The van der Waals surface area contributed by atoms with E-state index in [1.807, 2.05) is 64.1 Å². The number of carbonyl (C=O) groups is 2. The number of pyridine rings is 2. The van der Waals surface area contributed by atoms with Gasteiger partial charge in [0.1, 0.15) is 9.40 Å². The van der Waals surface area contributed by atoms with Gasteiger partial charge in [-0.1, -0.05) is 12.1 Å². The molecule has 0 aliphatic heterocycles. The third kappa shape index (κ3) is 7.52. The lowest BCUT2D eigenvalue weighted by Gasteiger charge is -2.13. The predicted molar refractivity (Wildman–Crippen MR) is 175 cm³/mol. The van der Waals surface area contributed by atoms with E-state index in [2.05, 4.69) is 50.5 Å². The van der Waals surface area contributed by atoms with Crippen LogP contribution in [0.3, 0.4) is 0 Å². The van der Waals surface area contributed by atoms with Crippen LogP contribution in [-0.2, 0) is 4.74 Å². The van der Waals surface area contributed by atoms with Crippen molar-refractivity contribution in [2.75, 3.05) is 17.2 Å². The molecule has 6 aromatic rings. The monoisotopic (exact) mass is 658 g/mol. The largest absolute Gasteiger partial charge is 0.476 e. The van der Waals surface area contributed by atoms with Crippen molar-refractivity contribution in [1.82, 2.24) is 39.9 Å². The van der Waals surface area contributed by atoms with Gasteiger partial charge in [-0.2, -0.15) is 9.97 Å². The van der Waals surface area contributed by atoms with Crippen molar-refractivity contribution in [3.63, 3.8) is 0 Å². The first kappa shape index (κ1) is 32.2. The first-order valence-corrected chi connectivity index (χ1v) is 15.8. The fourth-order valence-electron chi connectivity index (χ4n) is 4.27. The molecule has 0 saturated carbocycles. The van der Waals surface area contributed by atoms with Gasteiger partial charge in [0.2, 0.25) is 11.9 Å². The summed E-state index contributed by atoms with van der Waals surface area (Å²) in [5, 5.41) is 17.1. The summed E-state index contributed by atoms with van der Waals surface area (Å²) in [6.45, 7) is 9.58. The SMILES string of the molecule is CCOC(=O)c1nc(N[C@@H](C)c2ccccn2)nc2nc(C)sc12.Cc1nc2nc(N[C@@H](C)c3ccccn3)nc(C(=O)O)c2s1.